The topological polar surface area (TPSA) is 118 Å². The van der Waals surface area contributed by atoms with Gasteiger partial charge in [0, 0.05) is 33.5 Å². The highest BCUT2D eigenvalue weighted by molar-refractivity contribution is 8.00. The molecule has 7 nitrogen and oxygen atoms in total. The first-order chi connectivity index (χ1) is 15.8. The number of carbonyl (C=O) groups excluding carboxylic acids is 2. The minimum Gasteiger partial charge on any atom is -0.322 e. The van der Waals surface area contributed by atoms with Gasteiger partial charge in [0.2, 0.25) is 10.0 Å². The van der Waals surface area contributed by atoms with Gasteiger partial charge in [0.15, 0.2) is 17.5 Å². The molecule has 2 aromatic carbocycles. The summed E-state index contributed by atoms with van der Waals surface area (Å²) in [5.41, 5.74) is 4.41. The summed E-state index contributed by atoms with van der Waals surface area (Å²) in [6.07, 6.45) is 1.99. The van der Waals surface area contributed by atoms with E-state index in [1.54, 1.807) is 0 Å². The molecule has 3 rings (SSSR count). The molecule has 0 bridgehead atoms. The van der Waals surface area contributed by atoms with Gasteiger partial charge in [0.1, 0.15) is 5.82 Å². The number of nitrogens with two attached hydrogens (primary N) is 1. The molecule has 0 heterocycles. The van der Waals surface area contributed by atoms with Gasteiger partial charge in [-0.05, 0) is 43.9 Å². The van der Waals surface area contributed by atoms with Crippen LogP contribution >= 0.6 is 11.8 Å². The van der Waals surface area contributed by atoms with E-state index in [0.717, 1.165) is 24.1 Å². The minimum atomic E-state index is -3.75. The van der Waals surface area contributed by atoms with Crippen molar-refractivity contribution in [1.82, 2.24) is 4.72 Å². The molecule has 34 heavy (non-hydrogen) atoms. The Morgan fingerprint density at radius 1 is 1.03 bits per heavy atom. The number of nitrogens with one attached hydrogen (secondary N) is 2. The maximum Gasteiger partial charge on any atom is 0.255 e. The predicted molar refractivity (Wildman–Crippen MR) is 119 cm³/mol. The quantitative estimate of drug-likeness (QED) is 0.398. The van der Waals surface area contributed by atoms with Crippen molar-refractivity contribution in [2.75, 3.05) is 11.6 Å². The zero-order chi connectivity index (χ0) is 25.3. The van der Waals surface area contributed by atoms with Crippen molar-refractivity contribution in [3.05, 3.63) is 59.2 Å². The molecule has 2 amide bonds. The van der Waals surface area contributed by atoms with Crippen molar-refractivity contribution in [3.63, 3.8) is 0 Å². The SMILES string of the molecule is CS(=O)(=O)NC(=O)[C@]1(N)CC[C@H](Sc2cc(C(=O)Nc3cc(F)c(F)c(F)c3)ccc2F)CC1. The molecule has 1 aliphatic rings. The molecule has 4 N–H and O–H groups in total. The van der Waals surface area contributed by atoms with E-state index in [9.17, 15) is 35.6 Å². The number of thioether (sulfide) groups is 1. The molecular weight excluding hydrogens is 498 g/mol. The number of sulfonamides is 1. The van der Waals surface area contributed by atoms with Crippen LogP contribution in [0.15, 0.2) is 35.2 Å². The van der Waals surface area contributed by atoms with Gasteiger partial charge in [-0.3, -0.25) is 14.3 Å². The molecule has 0 radical (unpaired) electrons. The number of halogens is 4. The van der Waals surface area contributed by atoms with Crippen LogP contribution in [0.5, 0.6) is 0 Å². The number of amides is 2. The van der Waals surface area contributed by atoms with E-state index >= 15 is 0 Å². The molecule has 1 aliphatic carbocycles. The third kappa shape index (κ3) is 6.27. The molecule has 1 saturated carbocycles. The second-order valence-electron chi connectivity index (χ2n) is 8.03. The van der Waals surface area contributed by atoms with Crippen molar-refractivity contribution in [1.29, 1.82) is 0 Å². The summed E-state index contributed by atoms with van der Waals surface area (Å²) in [4.78, 5) is 24.8. The molecule has 0 spiro atoms. The van der Waals surface area contributed by atoms with Gasteiger partial charge in [-0.15, -0.1) is 11.8 Å². The monoisotopic (exact) mass is 519 g/mol. The Balaban J connectivity index is 1.67. The highest BCUT2D eigenvalue weighted by atomic mass is 32.2. The number of anilines is 1. The molecule has 0 atom stereocenters. The summed E-state index contributed by atoms with van der Waals surface area (Å²) < 4.78 is 78.7. The number of carbonyl (C=O) groups is 2. The molecule has 13 heteroatoms. The third-order valence-corrected chi connectivity index (χ3v) is 7.21. The highest BCUT2D eigenvalue weighted by Gasteiger charge is 2.39. The van der Waals surface area contributed by atoms with Gasteiger partial charge in [-0.1, -0.05) is 0 Å². The number of benzene rings is 2. The van der Waals surface area contributed by atoms with Gasteiger partial charge < -0.3 is 11.1 Å². The third-order valence-electron chi connectivity index (χ3n) is 5.28. The summed E-state index contributed by atoms with van der Waals surface area (Å²) in [6, 6.07) is 4.77. The minimum absolute atomic E-state index is 0.00514. The lowest BCUT2D eigenvalue weighted by molar-refractivity contribution is -0.125. The molecule has 0 aromatic heterocycles. The van der Waals surface area contributed by atoms with E-state index in [0.29, 0.717) is 25.0 Å². The van der Waals surface area contributed by atoms with Gasteiger partial charge in [0.25, 0.3) is 11.8 Å². The van der Waals surface area contributed by atoms with Crippen LogP contribution in [0, 0.1) is 23.3 Å². The van der Waals surface area contributed by atoms with Crippen LogP contribution in [0.3, 0.4) is 0 Å². The van der Waals surface area contributed by atoms with Crippen LogP contribution in [0.1, 0.15) is 36.0 Å². The first kappa shape index (κ1) is 26.0. The zero-order valence-electron chi connectivity index (χ0n) is 17.8. The van der Waals surface area contributed by atoms with Crippen molar-refractivity contribution in [2.24, 2.45) is 5.73 Å². The summed E-state index contributed by atoms with van der Waals surface area (Å²) >= 11 is 1.13. The number of rotatable bonds is 6. The molecular formula is C21H21F4N3O4S2. The van der Waals surface area contributed by atoms with Crippen LogP contribution in [-0.4, -0.2) is 37.3 Å². The lowest BCUT2D eigenvalue weighted by atomic mass is 9.82. The maximum atomic E-state index is 14.4. The fourth-order valence-electron chi connectivity index (χ4n) is 3.47. The average Bonchev–Trinajstić information content (AvgIpc) is 2.74. The van der Waals surface area contributed by atoms with E-state index in [1.165, 1.54) is 12.1 Å². The van der Waals surface area contributed by atoms with Crippen LogP contribution in [0.4, 0.5) is 23.2 Å². The van der Waals surface area contributed by atoms with Gasteiger partial charge in [-0.25, -0.2) is 26.0 Å². The smallest absolute Gasteiger partial charge is 0.255 e. The first-order valence-electron chi connectivity index (χ1n) is 10.0. The Hall–Kier alpha value is -2.64. The van der Waals surface area contributed by atoms with Crippen molar-refractivity contribution in [3.8, 4) is 0 Å². The summed E-state index contributed by atoms with van der Waals surface area (Å²) in [6.45, 7) is 0. The fourth-order valence-corrected chi connectivity index (χ4v) is 5.21. The summed E-state index contributed by atoms with van der Waals surface area (Å²) in [5, 5.41) is 2.08. The number of hydrogen-bond donors (Lipinski definition) is 3. The van der Waals surface area contributed by atoms with Gasteiger partial charge >= 0.3 is 0 Å². The van der Waals surface area contributed by atoms with Gasteiger partial charge in [-0.2, -0.15) is 0 Å². The van der Waals surface area contributed by atoms with Crippen LogP contribution in [0.2, 0.25) is 0 Å². The Labute approximate surface area is 197 Å². The van der Waals surface area contributed by atoms with Gasteiger partial charge in [0.05, 0.1) is 11.8 Å². The fraction of sp³-hybridized carbons (Fsp3) is 0.333. The molecule has 1 fully saturated rings. The predicted octanol–water partition coefficient (Wildman–Crippen LogP) is 3.30. The molecule has 0 unspecified atom stereocenters. The summed E-state index contributed by atoms with van der Waals surface area (Å²) in [7, 11) is -3.75. The average molecular weight is 520 g/mol. The van der Waals surface area contributed by atoms with E-state index in [2.05, 4.69) is 5.32 Å². The van der Waals surface area contributed by atoms with Crippen LogP contribution in [-0.2, 0) is 14.8 Å². The summed E-state index contributed by atoms with van der Waals surface area (Å²) in [5.74, 6) is -6.78. The van der Waals surface area contributed by atoms with E-state index in [4.69, 9.17) is 5.73 Å². The Kier molecular flexibility index (Phi) is 7.58. The number of hydrogen-bond acceptors (Lipinski definition) is 6. The van der Waals surface area contributed by atoms with Crippen molar-refractivity contribution in [2.45, 2.75) is 41.4 Å². The van der Waals surface area contributed by atoms with Crippen LogP contribution < -0.4 is 15.8 Å². The van der Waals surface area contributed by atoms with E-state index in [1.807, 2.05) is 4.72 Å². The normalized spacial score (nSPS) is 20.6. The Morgan fingerprint density at radius 2 is 1.62 bits per heavy atom. The van der Waals surface area contributed by atoms with E-state index in [-0.39, 0.29) is 34.2 Å². The molecule has 2 aromatic rings. The lowest BCUT2D eigenvalue weighted by Crippen LogP contribution is -2.57. The standard InChI is InChI=1S/C21H21F4N3O4S2/c1-34(31,32)28-20(30)21(26)6-4-13(5-7-21)33-17-8-11(2-3-14(17)22)19(29)27-12-9-15(23)18(25)16(24)10-12/h2-3,8-10,13H,4-7,26H2,1H3,(H,27,29)(H,28,30)/t13-,21-. The zero-order valence-corrected chi connectivity index (χ0v) is 19.5. The first-order valence-corrected chi connectivity index (χ1v) is 12.8. The molecule has 0 aliphatic heterocycles. The maximum absolute atomic E-state index is 14.4. The largest absolute Gasteiger partial charge is 0.322 e. The Bertz CT molecular complexity index is 1210. The molecule has 0 saturated heterocycles. The molecule has 184 valence electrons. The second-order valence-corrected chi connectivity index (χ2v) is 11.1. The Morgan fingerprint density at radius 3 is 2.18 bits per heavy atom. The lowest BCUT2D eigenvalue weighted by Gasteiger charge is -2.35. The highest BCUT2D eigenvalue weighted by Crippen LogP contribution is 2.38. The van der Waals surface area contributed by atoms with Crippen molar-refractivity contribution >= 4 is 39.3 Å². The van der Waals surface area contributed by atoms with Crippen LogP contribution in [0.25, 0.3) is 0 Å². The van der Waals surface area contributed by atoms with Crippen molar-refractivity contribution < 1.29 is 35.6 Å². The second kappa shape index (κ2) is 9.92. The van der Waals surface area contributed by atoms with E-state index < -0.39 is 50.6 Å².